The van der Waals surface area contributed by atoms with Gasteiger partial charge in [-0.1, -0.05) is 0 Å². The minimum absolute atomic E-state index is 0. The van der Waals surface area contributed by atoms with Crippen molar-refractivity contribution in [1.82, 2.24) is 49.2 Å². The fourth-order valence-electron chi connectivity index (χ4n) is 2.27. The molecule has 0 bridgehead atoms. The maximum absolute atomic E-state index is 11.1. The van der Waals surface area contributed by atoms with E-state index in [0.717, 1.165) is 0 Å². The van der Waals surface area contributed by atoms with Crippen LogP contribution in [-0.4, -0.2) is 86.0 Å². The summed E-state index contributed by atoms with van der Waals surface area (Å²) in [5.41, 5.74) is 0. The third-order valence-electron chi connectivity index (χ3n) is 3.03. The van der Waals surface area contributed by atoms with Crippen molar-refractivity contribution in [1.29, 1.82) is 0 Å². The molecule has 1 fully saturated rings. The first-order valence-corrected chi connectivity index (χ1v) is 12.6. The summed E-state index contributed by atoms with van der Waals surface area (Å²) in [7, 11) is -22.5. The first-order chi connectivity index (χ1) is 12.2. The number of hydrogen-bond donors (Lipinski definition) is 18. The predicted octanol–water partition coefficient (Wildman–Crippen LogP) is -2.07. The van der Waals surface area contributed by atoms with Crippen molar-refractivity contribution in [3.63, 3.8) is 0 Å². The molecule has 1 rings (SSSR count). The summed E-state index contributed by atoms with van der Waals surface area (Å²) in [5, 5.41) is 19.8. The Bertz CT molecular complexity index is 692. The van der Waals surface area contributed by atoms with Gasteiger partial charge in [0, 0.05) is 0 Å². The molecule has 0 unspecified atom stereocenters. The largest absolute Gasteiger partial charge is 0.470 e. The molecule has 1 aliphatic rings. The van der Waals surface area contributed by atoms with E-state index in [2.05, 4.69) is 18.1 Å². The van der Waals surface area contributed by atoms with Crippen molar-refractivity contribution < 1.29 is 85.7 Å². The van der Waals surface area contributed by atoms with Crippen LogP contribution in [0.4, 0.5) is 0 Å². The minimum Gasteiger partial charge on any atom is -0.387 e. The Morgan fingerprint density at radius 1 is 0.361 bits per heavy atom. The van der Waals surface area contributed by atoms with Gasteiger partial charge in [0.15, 0.2) is 0 Å². The van der Waals surface area contributed by atoms with Gasteiger partial charge in [-0.15, -0.1) is 0 Å². The number of aliphatic hydroxyl groups excluding tert-OH is 2. The molecule has 0 aromatic rings. The van der Waals surface area contributed by atoms with Crippen molar-refractivity contribution in [2.45, 2.75) is 36.6 Å². The van der Waals surface area contributed by atoms with Crippen LogP contribution in [0.1, 0.15) is 0 Å². The maximum atomic E-state index is 11.1. The van der Waals surface area contributed by atoms with Gasteiger partial charge in [0.2, 0.25) is 0 Å². The Labute approximate surface area is 203 Å². The lowest BCUT2D eigenvalue weighted by molar-refractivity contribution is -0.209. The fraction of sp³-hybridized carbons (Fsp3) is 1.00. The molecule has 0 aromatic heterocycles. The summed E-state index contributed by atoms with van der Waals surface area (Å²) < 4.78 is 60.6. The van der Waals surface area contributed by atoms with E-state index in [4.69, 9.17) is 39.1 Å². The summed E-state index contributed by atoms with van der Waals surface area (Å²) in [5.74, 6) is 0. The summed E-state index contributed by atoms with van der Waals surface area (Å²) in [6.45, 7) is 0. The van der Waals surface area contributed by atoms with Crippen LogP contribution >= 0.6 is 31.3 Å². The summed E-state index contributed by atoms with van der Waals surface area (Å²) in [6, 6.07) is 0. The van der Waals surface area contributed by atoms with E-state index in [0.29, 0.717) is 0 Å². The molecule has 1 aliphatic carbocycles. The van der Waals surface area contributed by atoms with E-state index in [1.807, 2.05) is 0 Å². The van der Waals surface area contributed by atoms with Gasteiger partial charge >= 0.3 is 31.3 Å². The smallest absolute Gasteiger partial charge is 0.387 e. The van der Waals surface area contributed by atoms with Gasteiger partial charge < -0.3 is 98.6 Å². The summed E-state index contributed by atoms with van der Waals surface area (Å²) >= 11 is 0. The Kier molecular flexibility index (Phi) is 29.9. The van der Waals surface area contributed by atoms with E-state index in [9.17, 15) is 28.5 Å². The average Bonchev–Trinajstić information content (AvgIpc) is 2.39. The molecule has 34 N–H and O–H groups in total. The van der Waals surface area contributed by atoms with Crippen LogP contribution in [0.15, 0.2) is 0 Å². The Hall–Kier alpha value is 0.0400. The number of phosphoric acid groups is 4. The Morgan fingerprint density at radius 3 is 0.639 bits per heavy atom. The summed E-state index contributed by atoms with van der Waals surface area (Å²) in [4.78, 5) is 71.1. The molecular formula is C6H40N8O18P4. The molecule has 0 saturated heterocycles. The van der Waals surface area contributed by atoms with Crippen LogP contribution < -0.4 is 49.2 Å². The molecule has 1 saturated carbocycles. The topological polar surface area (TPSA) is 588 Å². The SMILES string of the molecule is N.N.N.N.N.N.N.N.O=P(O)(O)O[C@H]1[C@H](OP(=O)(O)O)[C@@H](OP(=O)(O)O)[C@@H](O)[C@@H](O)[C@@H]1OP(=O)(O)O. The number of hydrogen-bond acceptors (Lipinski definition) is 18. The highest BCUT2D eigenvalue weighted by atomic mass is 31.2. The van der Waals surface area contributed by atoms with Crippen LogP contribution in [0.25, 0.3) is 0 Å². The zero-order valence-electron chi connectivity index (χ0n) is 18.6. The second-order valence-corrected chi connectivity index (χ2v) is 9.99. The van der Waals surface area contributed by atoms with Crippen molar-refractivity contribution in [2.75, 3.05) is 0 Å². The minimum atomic E-state index is -5.67. The van der Waals surface area contributed by atoms with Crippen LogP contribution in [-0.2, 0) is 36.4 Å². The number of phosphoric ester groups is 4. The van der Waals surface area contributed by atoms with Crippen LogP contribution in [0.2, 0.25) is 0 Å². The highest BCUT2D eigenvalue weighted by Gasteiger charge is 2.58. The van der Waals surface area contributed by atoms with E-state index >= 15 is 0 Å². The molecule has 0 spiro atoms. The molecule has 6 atom stereocenters. The van der Waals surface area contributed by atoms with Gasteiger partial charge in [-0.2, -0.15) is 0 Å². The molecule has 30 heteroatoms. The van der Waals surface area contributed by atoms with Gasteiger partial charge in [-0.25, -0.2) is 18.3 Å². The van der Waals surface area contributed by atoms with Gasteiger partial charge in [0.1, 0.15) is 36.6 Å². The normalized spacial score (nSPS) is 25.7. The first kappa shape index (κ1) is 56.3. The van der Waals surface area contributed by atoms with Crippen LogP contribution in [0.5, 0.6) is 0 Å². The third-order valence-corrected chi connectivity index (χ3v) is 5.10. The lowest BCUT2D eigenvalue weighted by Gasteiger charge is -2.45. The Morgan fingerprint density at radius 2 is 0.500 bits per heavy atom. The van der Waals surface area contributed by atoms with Crippen LogP contribution in [0.3, 0.4) is 0 Å². The highest BCUT2D eigenvalue weighted by Crippen LogP contribution is 2.52. The number of rotatable bonds is 8. The fourth-order valence-corrected chi connectivity index (χ4v) is 4.51. The van der Waals surface area contributed by atoms with Gasteiger partial charge in [-0.3, -0.25) is 18.1 Å². The Balaban J connectivity index is -0.000000163. The van der Waals surface area contributed by atoms with Gasteiger partial charge in [0.05, 0.1) is 0 Å². The molecular weight excluding hydrogens is 596 g/mol. The standard InChI is InChI=1S/C6H16O18P4.8H3N/c7-1-2(8)4(22-26(12,13)14)6(24-28(18,19)20)5(23-27(15,16)17)3(1)21-25(9,10)11;;;;;;;;/h1-8H,(H2,9,10,11)(H2,12,13,14)(H2,15,16,17)(H2,18,19,20);8*1H3/t1-,2+,3-,4-,5+,6+;;;;;;;;/m0......../s1. The van der Waals surface area contributed by atoms with E-state index < -0.39 is 67.9 Å². The monoisotopic (exact) mass is 636 g/mol. The van der Waals surface area contributed by atoms with E-state index in [1.54, 1.807) is 0 Å². The lowest BCUT2D eigenvalue weighted by Crippen LogP contribution is -2.65. The molecule has 0 aromatic carbocycles. The highest BCUT2D eigenvalue weighted by molar-refractivity contribution is 7.47. The molecule has 0 amide bonds. The number of aliphatic hydroxyl groups is 2. The van der Waals surface area contributed by atoms with E-state index in [-0.39, 0.29) is 49.2 Å². The average molecular weight is 636 g/mol. The molecule has 0 radical (unpaired) electrons. The van der Waals surface area contributed by atoms with Crippen molar-refractivity contribution in [3.8, 4) is 0 Å². The maximum Gasteiger partial charge on any atom is 0.470 e. The van der Waals surface area contributed by atoms with Crippen molar-refractivity contribution in [3.05, 3.63) is 0 Å². The van der Waals surface area contributed by atoms with Crippen LogP contribution in [0, 0.1) is 0 Å². The molecule has 36 heavy (non-hydrogen) atoms. The second-order valence-electron chi connectivity index (χ2n) is 5.22. The molecule has 0 heterocycles. The quantitative estimate of drug-likeness (QED) is 0.127. The van der Waals surface area contributed by atoms with Crippen molar-refractivity contribution in [2.24, 2.45) is 0 Å². The first-order valence-electron chi connectivity index (χ1n) is 6.52. The third kappa shape index (κ3) is 19.2. The van der Waals surface area contributed by atoms with Gasteiger partial charge in [0.25, 0.3) is 0 Å². The van der Waals surface area contributed by atoms with Gasteiger partial charge in [-0.05, 0) is 0 Å². The predicted molar refractivity (Wildman–Crippen MR) is 120 cm³/mol. The molecule has 26 nitrogen and oxygen atoms in total. The molecule has 0 aliphatic heterocycles. The molecule has 232 valence electrons. The zero-order chi connectivity index (χ0) is 22.3. The van der Waals surface area contributed by atoms with Crippen molar-refractivity contribution >= 4 is 31.3 Å². The second kappa shape index (κ2) is 19.2. The summed E-state index contributed by atoms with van der Waals surface area (Å²) in [6.07, 6.45) is -15.9. The van der Waals surface area contributed by atoms with E-state index in [1.165, 1.54) is 0 Å². The lowest BCUT2D eigenvalue weighted by atomic mass is 9.85. The zero-order valence-corrected chi connectivity index (χ0v) is 22.2.